The van der Waals surface area contributed by atoms with Crippen LogP contribution in [0, 0.1) is 81.8 Å². The van der Waals surface area contributed by atoms with E-state index in [0.717, 1.165) is 35.8 Å². The molecule has 5 saturated carbocycles. The van der Waals surface area contributed by atoms with E-state index in [0.29, 0.717) is 53.4 Å². The van der Waals surface area contributed by atoms with E-state index in [-0.39, 0.29) is 34.2 Å². The summed E-state index contributed by atoms with van der Waals surface area (Å²) in [4.78, 5) is 11.5. The van der Waals surface area contributed by atoms with Gasteiger partial charge in [-0.05, 0) is 141 Å². The molecule has 0 bridgehead atoms. The number of hydrogen-bond acceptors (Lipinski definition) is 5. The van der Waals surface area contributed by atoms with Crippen molar-refractivity contribution in [2.45, 2.75) is 186 Å². The molecule has 0 radical (unpaired) electrons. The highest BCUT2D eigenvalue weighted by molar-refractivity contribution is 5.67. The first-order chi connectivity index (χ1) is 26.7. The first-order valence-electron chi connectivity index (χ1n) is 22.6. The van der Waals surface area contributed by atoms with Crippen LogP contribution in [0.4, 0.5) is 0 Å². The second-order valence-corrected chi connectivity index (χ2v) is 20.5. The zero-order valence-corrected chi connectivity index (χ0v) is 38.8. The van der Waals surface area contributed by atoms with Crippen LogP contribution in [0.15, 0.2) is 47.4 Å². The molecule has 322 valence electrons. The molecule has 0 aliphatic heterocycles. The van der Waals surface area contributed by atoms with Gasteiger partial charge in [-0.1, -0.05) is 107 Å². The lowest BCUT2D eigenvalue weighted by atomic mass is 9.32. The van der Waals surface area contributed by atoms with Crippen LogP contribution in [-0.2, 0) is 16.1 Å². The molecule has 6 heteroatoms. The fourth-order valence-corrected chi connectivity index (χ4v) is 14.2. The number of fused-ring (bicyclic) bond motifs is 7. The monoisotopic (exact) mass is 789 g/mol. The van der Waals surface area contributed by atoms with Crippen molar-refractivity contribution in [3.8, 4) is 12.8 Å². The topological polar surface area (TPSA) is 84.6 Å². The maximum atomic E-state index is 11.5. The van der Waals surface area contributed by atoms with Gasteiger partial charge in [0.05, 0.1) is 24.4 Å². The second-order valence-electron chi connectivity index (χ2n) is 20.5. The number of nitrogens with zero attached hydrogens (tertiary/aromatic N) is 1. The Balaban J connectivity index is 0.00000138. The predicted molar refractivity (Wildman–Crippen MR) is 238 cm³/mol. The number of aliphatic carboxylic acids is 1. The lowest BCUT2D eigenvalue weighted by Crippen LogP contribution is -2.66. The Morgan fingerprint density at radius 3 is 2.14 bits per heavy atom. The minimum absolute atomic E-state index is 0.0158. The lowest BCUT2D eigenvalue weighted by molar-refractivity contribution is -0.249. The number of aryl methyl sites for hydroxylation is 1. The van der Waals surface area contributed by atoms with Gasteiger partial charge in [0.15, 0.2) is 5.76 Å². The maximum absolute atomic E-state index is 11.5. The summed E-state index contributed by atoms with van der Waals surface area (Å²) in [7, 11) is 0. The number of aromatic nitrogens is 1. The van der Waals surface area contributed by atoms with Crippen LogP contribution in [0.2, 0.25) is 0 Å². The molecule has 10 atom stereocenters. The molecule has 5 fully saturated rings. The summed E-state index contributed by atoms with van der Waals surface area (Å²) < 4.78 is 12.2. The number of nitrogens with one attached hydrogen (secondary N) is 1. The maximum Gasteiger partial charge on any atom is 0.303 e. The standard InChI is InChI=1S/C45H70N2O4.2C2H6.C2H2/c1-28(2)33-15-20-45(24-30(4)46-27-32-23-29(3)47-51-32)22-21-43(11)34(39(33)45)13-14-36-42(10)18-17-37(41(8,9)35(42)16-19-44(36,43)12)50-31(5)25-40(6,7)26-38(48)49;3*1-2/h23,33-37,39,46H,1,4-5,13-22,24-27H2,2-3,6-12H3,(H,48,49);2*1-2H3;1-2H/t33-,34+,35?,36?,37-,39?,42-,43+,44+,45+;;;/m0.../s1. The summed E-state index contributed by atoms with van der Waals surface area (Å²) in [5.74, 6) is 4.08. The lowest BCUT2D eigenvalue weighted by Gasteiger charge is -2.73. The Morgan fingerprint density at radius 2 is 1.56 bits per heavy atom. The van der Waals surface area contributed by atoms with Crippen molar-refractivity contribution in [2.75, 3.05) is 0 Å². The molecule has 5 aliphatic carbocycles. The number of hydrogen-bond donors (Lipinski definition) is 2. The van der Waals surface area contributed by atoms with Gasteiger partial charge < -0.3 is 19.7 Å². The van der Waals surface area contributed by atoms with Crippen LogP contribution >= 0.6 is 0 Å². The van der Waals surface area contributed by atoms with E-state index in [1.807, 2.05) is 54.5 Å². The van der Waals surface area contributed by atoms with Crippen LogP contribution in [0.1, 0.15) is 178 Å². The number of carboxylic acids is 1. The SMILES string of the molecule is C#C.C=C(C[C@]12CC[C@@H](C(=C)C)C1[C@H]1CCC3[C@@]4(C)CC[C@H](OC(=C)CC(C)(C)CC(=O)O)C(C)(C)C4CC[C@@]3(C)[C@]1(C)CC2)NCc1cc(C)no1.CC.CC. The van der Waals surface area contributed by atoms with E-state index < -0.39 is 5.97 Å². The summed E-state index contributed by atoms with van der Waals surface area (Å²) in [5, 5.41) is 17.1. The largest absolute Gasteiger partial charge is 0.495 e. The molecular formula is C51H84N2O4. The molecule has 6 rings (SSSR count). The van der Waals surface area contributed by atoms with Gasteiger partial charge in [-0.15, -0.1) is 12.8 Å². The first-order valence-corrected chi connectivity index (χ1v) is 22.6. The molecule has 0 aromatic carbocycles. The zero-order chi connectivity index (χ0) is 43.4. The van der Waals surface area contributed by atoms with E-state index in [4.69, 9.17) is 9.26 Å². The molecule has 1 aromatic rings. The van der Waals surface area contributed by atoms with Crippen molar-refractivity contribution < 1.29 is 19.2 Å². The van der Waals surface area contributed by atoms with Crippen LogP contribution in [-0.4, -0.2) is 22.3 Å². The highest BCUT2D eigenvalue weighted by Gasteiger charge is 2.71. The number of ether oxygens (including phenoxy) is 1. The van der Waals surface area contributed by atoms with E-state index in [9.17, 15) is 9.90 Å². The molecular weight excluding hydrogens is 705 g/mol. The van der Waals surface area contributed by atoms with Gasteiger partial charge in [0.25, 0.3) is 0 Å². The Bertz CT molecular complexity index is 1580. The Labute approximate surface area is 349 Å². The van der Waals surface area contributed by atoms with Crippen molar-refractivity contribution in [2.24, 2.45) is 62.1 Å². The Kier molecular flexibility index (Phi) is 15.8. The van der Waals surface area contributed by atoms with Gasteiger partial charge in [-0.2, -0.15) is 0 Å². The molecule has 1 aromatic heterocycles. The number of rotatable bonds is 12. The third kappa shape index (κ3) is 9.13. The van der Waals surface area contributed by atoms with E-state index in [1.165, 1.54) is 63.4 Å². The van der Waals surface area contributed by atoms with Crippen LogP contribution in [0.3, 0.4) is 0 Å². The van der Waals surface area contributed by atoms with Crippen molar-refractivity contribution in [3.05, 3.63) is 54.3 Å². The van der Waals surface area contributed by atoms with Gasteiger partial charge in [0, 0.05) is 23.6 Å². The van der Waals surface area contributed by atoms with Crippen molar-refractivity contribution in [1.29, 1.82) is 0 Å². The van der Waals surface area contributed by atoms with Crippen molar-refractivity contribution in [3.63, 3.8) is 0 Å². The Hall–Kier alpha value is -2.94. The third-order valence-electron chi connectivity index (χ3n) is 16.5. The normalized spacial score (nSPS) is 35.9. The number of carboxylic acid groups (broad SMARTS) is 1. The second kappa shape index (κ2) is 18.5. The third-order valence-corrected chi connectivity index (χ3v) is 16.5. The van der Waals surface area contributed by atoms with E-state index >= 15 is 0 Å². The van der Waals surface area contributed by atoms with Crippen LogP contribution < -0.4 is 5.32 Å². The summed E-state index contributed by atoms with van der Waals surface area (Å²) in [6.45, 7) is 43.5. The van der Waals surface area contributed by atoms with Gasteiger partial charge in [0.2, 0.25) is 0 Å². The average Bonchev–Trinajstić information content (AvgIpc) is 3.74. The minimum atomic E-state index is -0.765. The molecule has 1 heterocycles. The van der Waals surface area contributed by atoms with Gasteiger partial charge in [0.1, 0.15) is 6.10 Å². The smallest absolute Gasteiger partial charge is 0.303 e. The molecule has 2 N–H and O–H groups in total. The fraction of sp³-hybridized carbons (Fsp3) is 0.765. The van der Waals surface area contributed by atoms with Gasteiger partial charge in [-0.25, -0.2) is 0 Å². The van der Waals surface area contributed by atoms with Crippen molar-refractivity contribution in [1.82, 2.24) is 10.5 Å². The summed E-state index contributed by atoms with van der Waals surface area (Å²) in [6.07, 6.45) is 22.4. The van der Waals surface area contributed by atoms with Crippen LogP contribution in [0.5, 0.6) is 0 Å². The molecule has 6 nitrogen and oxygen atoms in total. The molecule has 5 aliphatic rings. The number of carbonyl (C=O) groups is 1. The van der Waals surface area contributed by atoms with E-state index in [1.54, 1.807) is 0 Å². The zero-order valence-electron chi connectivity index (χ0n) is 38.8. The summed E-state index contributed by atoms with van der Waals surface area (Å²) in [6, 6.07) is 2.01. The van der Waals surface area contributed by atoms with Gasteiger partial charge >= 0.3 is 5.97 Å². The summed E-state index contributed by atoms with van der Waals surface area (Å²) in [5.41, 5.74) is 4.22. The predicted octanol–water partition coefficient (Wildman–Crippen LogP) is 13.7. The molecule has 0 saturated heterocycles. The summed E-state index contributed by atoms with van der Waals surface area (Å²) >= 11 is 0. The fourth-order valence-electron chi connectivity index (χ4n) is 14.2. The van der Waals surface area contributed by atoms with Gasteiger partial charge in [-0.3, -0.25) is 4.79 Å². The number of terminal acetylenes is 1. The Morgan fingerprint density at radius 1 is 0.912 bits per heavy atom. The average molecular weight is 789 g/mol. The minimum Gasteiger partial charge on any atom is -0.495 e. The highest BCUT2D eigenvalue weighted by Crippen LogP contribution is 2.78. The highest BCUT2D eigenvalue weighted by atomic mass is 16.5. The molecule has 0 amide bonds. The number of allylic oxidation sites excluding steroid dienone is 3. The molecule has 57 heavy (non-hydrogen) atoms. The first kappa shape index (κ1) is 48.4. The van der Waals surface area contributed by atoms with Crippen molar-refractivity contribution >= 4 is 5.97 Å². The van der Waals surface area contributed by atoms with Crippen LogP contribution in [0.25, 0.3) is 0 Å². The molecule has 3 unspecified atom stereocenters. The van der Waals surface area contributed by atoms with E-state index in [2.05, 4.69) is 84.6 Å². The molecule has 0 spiro atoms. The quantitative estimate of drug-likeness (QED) is 0.125.